The lowest BCUT2D eigenvalue weighted by Gasteiger charge is -2.23. The molecule has 1 aliphatic heterocycles. The van der Waals surface area contributed by atoms with Crippen molar-refractivity contribution in [3.05, 3.63) is 40.5 Å². The molecule has 0 atom stereocenters. The van der Waals surface area contributed by atoms with Gasteiger partial charge in [-0.2, -0.15) is 0 Å². The molecular formula is C18H20ClN7O. The van der Waals surface area contributed by atoms with E-state index in [-0.39, 0.29) is 5.28 Å². The number of nitrogens with one attached hydrogen (secondary N) is 1. The van der Waals surface area contributed by atoms with Gasteiger partial charge in [0.25, 0.3) is 0 Å². The molecule has 0 saturated carbocycles. The van der Waals surface area contributed by atoms with Crippen LogP contribution in [0.3, 0.4) is 0 Å². The Balaban J connectivity index is 1.56. The van der Waals surface area contributed by atoms with Crippen LogP contribution in [0.25, 0.3) is 17.8 Å². The predicted molar refractivity (Wildman–Crippen MR) is 104 cm³/mol. The van der Waals surface area contributed by atoms with Crippen molar-refractivity contribution in [3.63, 3.8) is 0 Å². The van der Waals surface area contributed by atoms with Gasteiger partial charge in [-0.05, 0) is 50.4 Å². The second kappa shape index (κ2) is 7.58. The van der Waals surface area contributed by atoms with E-state index in [4.69, 9.17) is 16.3 Å². The van der Waals surface area contributed by atoms with E-state index < -0.39 is 0 Å². The third-order valence-electron chi connectivity index (χ3n) is 4.42. The van der Waals surface area contributed by atoms with E-state index in [1.54, 1.807) is 10.7 Å². The lowest BCUT2D eigenvalue weighted by atomic mass is 10.1. The van der Waals surface area contributed by atoms with E-state index in [9.17, 15) is 0 Å². The third kappa shape index (κ3) is 4.06. The molecule has 3 aromatic rings. The first-order chi connectivity index (χ1) is 13.1. The lowest BCUT2D eigenvalue weighted by molar-refractivity contribution is 0.0904. The van der Waals surface area contributed by atoms with Gasteiger partial charge in [-0.15, -0.1) is 5.10 Å². The number of ether oxygens (including phenoxy) is 1. The molecule has 140 valence electrons. The Morgan fingerprint density at radius 3 is 2.78 bits per heavy atom. The largest absolute Gasteiger partial charge is 0.381 e. The van der Waals surface area contributed by atoms with Gasteiger partial charge < -0.3 is 10.1 Å². The maximum Gasteiger partial charge on any atom is 0.224 e. The zero-order chi connectivity index (χ0) is 18.8. The Morgan fingerprint density at radius 2 is 2.00 bits per heavy atom. The summed E-state index contributed by atoms with van der Waals surface area (Å²) >= 11 is 6.09. The van der Waals surface area contributed by atoms with Crippen molar-refractivity contribution >= 4 is 35.2 Å². The fraction of sp³-hybridized carbons (Fsp3) is 0.389. The fourth-order valence-corrected chi connectivity index (χ4v) is 3.18. The molecule has 0 radical (unpaired) electrons. The molecule has 0 unspecified atom stereocenters. The summed E-state index contributed by atoms with van der Waals surface area (Å²) in [5.41, 5.74) is 3.20. The molecule has 3 aromatic heterocycles. The molecule has 4 heterocycles. The minimum absolute atomic E-state index is 0.200. The summed E-state index contributed by atoms with van der Waals surface area (Å²) in [4.78, 5) is 17.4. The molecule has 0 spiro atoms. The average Bonchev–Trinajstić information content (AvgIpc) is 3.09. The van der Waals surface area contributed by atoms with Crippen molar-refractivity contribution in [2.75, 3.05) is 18.5 Å². The summed E-state index contributed by atoms with van der Waals surface area (Å²) < 4.78 is 7.17. The molecule has 1 fully saturated rings. The van der Waals surface area contributed by atoms with Crippen LogP contribution in [0.2, 0.25) is 5.28 Å². The number of halogens is 1. The van der Waals surface area contributed by atoms with E-state index in [1.165, 1.54) is 0 Å². The molecule has 9 heteroatoms. The summed E-state index contributed by atoms with van der Waals surface area (Å²) in [6.07, 6.45) is 7.32. The molecular weight excluding hydrogens is 366 g/mol. The summed E-state index contributed by atoms with van der Waals surface area (Å²) in [5.74, 6) is 1.29. The predicted octanol–water partition coefficient (Wildman–Crippen LogP) is 2.95. The molecule has 0 aromatic carbocycles. The zero-order valence-electron chi connectivity index (χ0n) is 15.2. The second-order valence-corrected chi connectivity index (χ2v) is 6.84. The van der Waals surface area contributed by atoms with Crippen LogP contribution < -0.4 is 5.32 Å². The highest BCUT2D eigenvalue weighted by molar-refractivity contribution is 6.28. The number of nitrogens with zero attached hydrogens (tertiary/aromatic N) is 6. The Bertz CT molecular complexity index is 956. The first kappa shape index (κ1) is 17.8. The maximum atomic E-state index is 6.09. The van der Waals surface area contributed by atoms with Crippen LogP contribution in [0, 0.1) is 13.8 Å². The van der Waals surface area contributed by atoms with E-state index in [1.807, 2.05) is 32.1 Å². The smallest absolute Gasteiger partial charge is 0.224 e. The molecule has 1 N–H and O–H groups in total. The van der Waals surface area contributed by atoms with Crippen molar-refractivity contribution < 1.29 is 4.74 Å². The van der Waals surface area contributed by atoms with Crippen LogP contribution in [0.1, 0.15) is 35.7 Å². The van der Waals surface area contributed by atoms with Gasteiger partial charge in [0.05, 0.1) is 17.1 Å². The molecule has 1 saturated heterocycles. The van der Waals surface area contributed by atoms with Crippen molar-refractivity contribution in [3.8, 4) is 0 Å². The summed E-state index contributed by atoms with van der Waals surface area (Å²) in [6, 6.07) is 2.20. The van der Waals surface area contributed by atoms with Gasteiger partial charge in [0.15, 0.2) is 11.5 Å². The van der Waals surface area contributed by atoms with Crippen molar-refractivity contribution in [2.24, 2.45) is 0 Å². The number of aromatic nitrogens is 6. The fourth-order valence-electron chi connectivity index (χ4n) is 2.99. The van der Waals surface area contributed by atoms with Crippen LogP contribution in [-0.2, 0) is 4.74 Å². The first-order valence-corrected chi connectivity index (χ1v) is 9.22. The Morgan fingerprint density at radius 1 is 1.19 bits per heavy atom. The minimum Gasteiger partial charge on any atom is -0.381 e. The third-order valence-corrected chi connectivity index (χ3v) is 4.59. The van der Waals surface area contributed by atoms with Gasteiger partial charge in [0.1, 0.15) is 5.82 Å². The molecule has 8 nitrogen and oxygen atoms in total. The Kier molecular flexibility index (Phi) is 5.00. The summed E-state index contributed by atoms with van der Waals surface area (Å²) in [6.45, 7) is 5.38. The topological polar surface area (TPSA) is 90.1 Å². The highest BCUT2D eigenvalue weighted by Crippen LogP contribution is 2.17. The number of rotatable bonds is 4. The summed E-state index contributed by atoms with van der Waals surface area (Å²) in [7, 11) is 0. The Hall–Kier alpha value is -2.58. The van der Waals surface area contributed by atoms with Crippen LogP contribution in [0.4, 0.5) is 5.82 Å². The van der Waals surface area contributed by atoms with E-state index in [0.717, 1.165) is 43.1 Å². The first-order valence-electron chi connectivity index (χ1n) is 8.84. The second-order valence-electron chi connectivity index (χ2n) is 6.50. The number of hydrogen-bond donors (Lipinski definition) is 1. The molecule has 27 heavy (non-hydrogen) atoms. The van der Waals surface area contributed by atoms with E-state index in [0.29, 0.717) is 23.4 Å². The van der Waals surface area contributed by atoms with Gasteiger partial charge in [-0.25, -0.2) is 19.5 Å². The Labute approximate surface area is 161 Å². The van der Waals surface area contributed by atoms with E-state index in [2.05, 4.69) is 30.4 Å². The van der Waals surface area contributed by atoms with Crippen LogP contribution in [0.15, 0.2) is 12.3 Å². The standard InChI is InChI=1S/C18H20ClN7O/c1-11-10-20-12(2)17-23-15(25-26(11)17)4-3-14-9-16(24-18(19)22-14)21-13-5-7-27-8-6-13/h3-4,9-10,13H,5-8H2,1-2H3,(H,21,22,24)/b4-3+. The van der Waals surface area contributed by atoms with Crippen LogP contribution >= 0.6 is 11.6 Å². The number of hydrogen-bond acceptors (Lipinski definition) is 7. The minimum atomic E-state index is 0.200. The molecule has 0 bridgehead atoms. The quantitative estimate of drug-likeness (QED) is 0.690. The average molecular weight is 386 g/mol. The van der Waals surface area contributed by atoms with Crippen molar-refractivity contribution in [1.82, 2.24) is 29.5 Å². The van der Waals surface area contributed by atoms with Gasteiger partial charge in [0.2, 0.25) is 5.28 Å². The monoisotopic (exact) mass is 385 g/mol. The highest BCUT2D eigenvalue weighted by Gasteiger charge is 2.14. The number of anilines is 1. The van der Waals surface area contributed by atoms with Gasteiger partial charge in [-0.1, -0.05) is 0 Å². The number of fused-ring (bicyclic) bond motifs is 1. The molecule has 1 aliphatic rings. The maximum absolute atomic E-state index is 6.09. The lowest BCUT2D eigenvalue weighted by Crippen LogP contribution is -2.28. The molecule has 0 amide bonds. The summed E-state index contributed by atoms with van der Waals surface area (Å²) in [5, 5.41) is 8.10. The molecule has 4 rings (SSSR count). The van der Waals surface area contributed by atoms with Crippen LogP contribution in [-0.4, -0.2) is 48.8 Å². The molecule has 0 aliphatic carbocycles. The zero-order valence-corrected chi connectivity index (χ0v) is 15.9. The van der Waals surface area contributed by atoms with Crippen LogP contribution in [0.5, 0.6) is 0 Å². The normalized spacial score (nSPS) is 15.7. The number of aryl methyl sites for hydroxylation is 2. The SMILES string of the molecule is Cc1ncc(C)n2nc(/C=C/c3cc(NC4CCOCC4)nc(Cl)n3)nc12. The van der Waals surface area contributed by atoms with Gasteiger partial charge in [-0.3, -0.25) is 4.98 Å². The van der Waals surface area contributed by atoms with Gasteiger partial charge in [0, 0.05) is 31.5 Å². The highest BCUT2D eigenvalue weighted by atomic mass is 35.5. The van der Waals surface area contributed by atoms with Crippen molar-refractivity contribution in [1.29, 1.82) is 0 Å². The van der Waals surface area contributed by atoms with Gasteiger partial charge >= 0.3 is 0 Å². The van der Waals surface area contributed by atoms with E-state index >= 15 is 0 Å². The van der Waals surface area contributed by atoms with Crippen molar-refractivity contribution in [2.45, 2.75) is 32.7 Å².